The molecule has 1 aromatic carbocycles. The lowest BCUT2D eigenvalue weighted by atomic mass is 10.2. The molecule has 0 aliphatic carbocycles. The van der Waals surface area contributed by atoms with Crippen molar-refractivity contribution in [3.63, 3.8) is 0 Å². The SMILES string of the molecule is CCN(CC)CCNC(=O)c1cccc(NC(=O)CNC)c1.Cl.Cl. The third-order valence-electron chi connectivity index (χ3n) is 3.35. The molecule has 0 fully saturated rings. The van der Waals surface area contributed by atoms with Crippen LogP contribution in [-0.4, -0.2) is 56.5 Å². The van der Waals surface area contributed by atoms with E-state index in [0.29, 0.717) is 17.8 Å². The van der Waals surface area contributed by atoms with Gasteiger partial charge in [-0.05, 0) is 38.3 Å². The lowest BCUT2D eigenvalue weighted by Gasteiger charge is -2.18. The molecule has 24 heavy (non-hydrogen) atoms. The molecule has 0 aliphatic heterocycles. The van der Waals surface area contributed by atoms with Crippen LogP contribution in [0.3, 0.4) is 0 Å². The number of carbonyl (C=O) groups is 2. The second-order valence-corrected chi connectivity index (χ2v) is 4.94. The number of amides is 2. The molecule has 0 saturated heterocycles. The molecular weight excluding hydrogens is 351 g/mol. The Hall–Kier alpha value is -1.34. The number of nitrogens with zero attached hydrogens (tertiary/aromatic N) is 1. The van der Waals surface area contributed by atoms with Crippen LogP contribution in [0.5, 0.6) is 0 Å². The Morgan fingerprint density at radius 1 is 1.12 bits per heavy atom. The van der Waals surface area contributed by atoms with Crippen LogP contribution in [0.4, 0.5) is 5.69 Å². The van der Waals surface area contributed by atoms with Gasteiger partial charge in [0, 0.05) is 24.3 Å². The summed E-state index contributed by atoms with van der Waals surface area (Å²) in [6.07, 6.45) is 0. The summed E-state index contributed by atoms with van der Waals surface area (Å²) >= 11 is 0. The summed E-state index contributed by atoms with van der Waals surface area (Å²) in [5.41, 5.74) is 1.17. The van der Waals surface area contributed by atoms with Crippen molar-refractivity contribution >= 4 is 42.3 Å². The molecule has 0 bridgehead atoms. The van der Waals surface area contributed by atoms with E-state index in [1.54, 1.807) is 31.3 Å². The van der Waals surface area contributed by atoms with Gasteiger partial charge in [0.15, 0.2) is 0 Å². The van der Waals surface area contributed by atoms with Crippen molar-refractivity contribution < 1.29 is 9.59 Å². The first-order valence-electron chi connectivity index (χ1n) is 7.65. The van der Waals surface area contributed by atoms with Gasteiger partial charge >= 0.3 is 0 Å². The number of nitrogens with one attached hydrogen (secondary N) is 3. The summed E-state index contributed by atoms with van der Waals surface area (Å²) in [5.74, 6) is -0.265. The third kappa shape index (κ3) is 9.08. The zero-order valence-corrected chi connectivity index (χ0v) is 16.1. The van der Waals surface area contributed by atoms with Gasteiger partial charge < -0.3 is 20.9 Å². The number of benzene rings is 1. The van der Waals surface area contributed by atoms with Gasteiger partial charge in [0.1, 0.15) is 0 Å². The summed E-state index contributed by atoms with van der Waals surface area (Å²) in [5, 5.41) is 8.42. The van der Waals surface area contributed by atoms with Crippen LogP contribution in [-0.2, 0) is 4.79 Å². The number of halogens is 2. The Balaban J connectivity index is 0. The van der Waals surface area contributed by atoms with Gasteiger partial charge in [-0.15, -0.1) is 24.8 Å². The highest BCUT2D eigenvalue weighted by atomic mass is 35.5. The highest BCUT2D eigenvalue weighted by Crippen LogP contribution is 2.10. The molecule has 0 aromatic heterocycles. The number of hydrogen-bond donors (Lipinski definition) is 3. The summed E-state index contributed by atoms with van der Waals surface area (Å²) in [6, 6.07) is 6.94. The molecule has 6 nitrogen and oxygen atoms in total. The Labute approximate surface area is 156 Å². The lowest BCUT2D eigenvalue weighted by molar-refractivity contribution is -0.115. The van der Waals surface area contributed by atoms with Crippen molar-refractivity contribution in [3.05, 3.63) is 29.8 Å². The Bertz CT molecular complexity index is 497. The van der Waals surface area contributed by atoms with Crippen molar-refractivity contribution in [3.8, 4) is 0 Å². The average Bonchev–Trinajstić information content (AvgIpc) is 2.52. The quantitative estimate of drug-likeness (QED) is 0.611. The van der Waals surface area contributed by atoms with Gasteiger partial charge in [0.05, 0.1) is 6.54 Å². The molecule has 138 valence electrons. The Morgan fingerprint density at radius 3 is 2.38 bits per heavy atom. The first-order chi connectivity index (χ1) is 10.6. The summed E-state index contributed by atoms with van der Waals surface area (Å²) in [7, 11) is 1.71. The fraction of sp³-hybridized carbons (Fsp3) is 0.500. The van der Waals surface area contributed by atoms with Crippen LogP contribution in [0.1, 0.15) is 24.2 Å². The molecule has 1 aromatic rings. The summed E-state index contributed by atoms with van der Waals surface area (Å²) in [6.45, 7) is 7.82. The smallest absolute Gasteiger partial charge is 0.251 e. The standard InChI is InChI=1S/C16H26N4O2.2ClH/c1-4-20(5-2)10-9-18-16(22)13-7-6-8-14(11-13)19-15(21)12-17-3;;/h6-8,11,17H,4-5,9-10,12H2,1-3H3,(H,18,22)(H,19,21);2*1H. The zero-order chi connectivity index (χ0) is 16.4. The normalized spacial score (nSPS) is 9.67. The average molecular weight is 379 g/mol. The van der Waals surface area contributed by atoms with Crippen LogP contribution in [0, 0.1) is 0 Å². The fourth-order valence-corrected chi connectivity index (χ4v) is 2.07. The molecule has 0 spiro atoms. The van der Waals surface area contributed by atoms with Crippen molar-refractivity contribution in [2.75, 3.05) is 45.1 Å². The number of hydrogen-bond acceptors (Lipinski definition) is 4. The van der Waals surface area contributed by atoms with Gasteiger partial charge in [-0.2, -0.15) is 0 Å². The minimum absolute atomic E-state index is 0. The first-order valence-corrected chi connectivity index (χ1v) is 7.65. The monoisotopic (exact) mass is 378 g/mol. The predicted molar refractivity (Wildman–Crippen MR) is 104 cm³/mol. The van der Waals surface area contributed by atoms with Crippen LogP contribution >= 0.6 is 24.8 Å². The minimum atomic E-state index is -0.137. The third-order valence-corrected chi connectivity index (χ3v) is 3.35. The molecule has 0 radical (unpaired) electrons. The fourth-order valence-electron chi connectivity index (χ4n) is 2.07. The summed E-state index contributed by atoms with van der Waals surface area (Å²) in [4.78, 5) is 25.9. The van der Waals surface area contributed by atoms with Gasteiger partial charge in [0.25, 0.3) is 5.91 Å². The molecule has 3 N–H and O–H groups in total. The summed E-state index contributed by atoms with van der Waals surface area (Å²) < 4.78 is 0. The molecule has 1 rings (SSSR count). The predicted octanol–water partition coefficient (Wildman–Crippen LogP) is 1.76. The van der Waals surface area contributed by atoms with Crippen molar-refractivity contribution in [1.29, 1.82) is 0 Å². The maximum absolute atomic E-state index is 12.1. The van der Waals surface area contributed by atoms with E-state index in [1.165, 1.54) is 0 Å². The van der Waals surface area contributed by atoms with E-state index < -0.39 is 0 Å². The largest absolute Gasteiger partial charge is 0.351 e. The van der Waals surface area contributed by atoms with E-state index >= 15 is 0 Å². The molecule has 0 saturated carbocycles. The van der Waals surface area contributed by atoms with E-state index in [1.807, 2.05) is 0 Å². The van der Waals surface area contributed by atoms with E-state index in [0.717, 1.165) is 19.6 Å². The second-order valence-electron chi connectivity index (χ2n) is 4.94. The maximum Gasteiger partial charge on any atom is 0.251 e. The Morgan fingerprint density at radius 2 is 1.79 bits per heavy atom. The van der Waals surface area contributed by atoms with E-state index in [2.05, 4.69) is 34.7 Å². The van der Waals surface area contributed by atoms with Crippen molar-refractivity contribution in [2.45, 2.75) is 13.8 Å². The van der Waals surface area contributed by atoms with Gasteiger partial charge in [-0.25, -0.2) is 0 Å². The van der Waals surface area contributed by atoms with Crippen LogP contribution in [0.2, 0.25) is 0 Å². The van der Waals surface area contributed by atoms with E-state index in [4.69, 9.17) is 0 Å². The van der Waals surface area contributed by atoms with Crippen LogP contribution < -0.4 is 16.0 Å². The zero-order valence-electron chi connectivity index (χ0n) is 14.4. The number of carbonyl (C=O) groups excluding carboxylic acids is 2. The van der Waals surface area contributed by atoms with Crippen LogP contribution in [0.15, 0.2) is 24.3 Å². The van der Waals surface area contributed by atoms with E-state index in [9.17, 15) is 9.59 Å². The second kappa shape index (κ2) is 14.0. The molecule has 0 unspecified atom stereocenters. The molecule has 0 aliphatic rings. The molecule has 2 amide bonds. The molecule has 0 atom stereocenters. The van der Waals surface area contributed by atoms with Gasteiger partial charge in [-0.3, -0.25) is 9.59 Å². The van der Waals surface area contributed by atoms with Crippen molar-refractivity contribution in [1.82, 2.24) is 15.5 Å². The Kier molecular flexibility index (Phi) is 14.6. The molecule has 8 heteroatoms. The minimum Gasteiger partial charge on any atom is -0.351 e. The van der Waals surface area contributed by atoms with Gasteiger partial charge in [0.2, 0.25) is 5.91 Å². The number of likely N-dealkylation sites (N-methyl/N-ethyl adjacent to an activating group) is 2. The maximum atomic E-state index is 12.1. The number of anilines is 1. The highest BCUT2D eigenvalue weighted by Gasteiger charge is 2.08. The van der Waals surface area contributed by atoms with Gasteiger partial charge in [-0.1, -0.05) is 19.9 Å². The highest BCUT2D eigenvalue weighted by molar-refractivity contribution is 5.97. The first kappa shape index (κ1) is 24.9. The lowest BCUT2D eigenvalue weighted by Crippen LogP contribution is -2.34. The topological polar surface area (TPSA) is 73.5 Å². The van der Waals surface area contributed by atoms with Crippen molar-refractivity contribution in [2.24, 2.45) is 0 Å². The number of rotatable bonds is 9. The molecular formula is C16H28Cl2N4O2. The van der Waals surface area contributed by atoms with Crippen LogP contribution in [0.25, 0.3) is 0 Å². The van der Waals surface area contributed by atoms with E-state index in [-0.39, 0.29) is 43.2 Å². The molecule has 0 heterocycles.